The van der Waals surface area contributed by atoms with E-state index in [1.54, 1.807) is 4.68 Å². The van der Waals surface area contributed by atoms with E-state index in [9.17, 15) is 0 Å². The molecule has 1 aromatic heterocycles. The van der Waals surface area contributed by atoms with Crippen LogP contribution in [0.3, 0.4) is 0 Å². The Balaban J connectivity index is 1.73. The molecule has 0 saturated carbocycles. The van der Waals surface area contributed by atoms with Gasteiger partial charge >= 0.3 is 0 Å². The maximum absolute atomic E-state index is 5.69. The fourth-order valence-corrected chi connectivity index (χ4v) is 3.10. The molecule has 0 unspecified atom stereocenters. The Kier molecular flexibility index (Phi) is 4.73. The van der Waals surface area contributed by atoms with E-state index in [0.717, 1.165) is 13.0 Å². The molecule has 21 heavy (non-hydrogen) atoms. The van der Waals surface area contributed by atoms with Crippen LogP contribution in [0, 0.1) is 4.84 Å². The van der Waals surface area contributed by atoms with Gasteiger partial charge in [0.2, 0.25) is 5.89 Å². The molecule has 0 bridgehead atoms. The summed E-state index contributed by atoms with van der Waals surface area (Å²) in [7, 11) is 0. The molecule has 1 aromatic rings. The number of rotatable bonds is 4. The summed E-state index contributed by atoms with van der Waals surface area (Å²) in [6.45, 7) is 7.14. The minimum atomic E-state index is -0.115. The van der Waals surface area contributed by atoms with Crippen LogP contribution in [0.2, 0.25) is 0 Å². The number of hydrogen-bond donors (Lipinski definition) is 0. The molecule has 1 atom stereocenters. The molecular formula is C14H23N3O3S. The van der Waals surface area contributed by atoms with Gasteiger partial charge in [0.05, 0.1) is 25.9 Å². The number of piperidine rings is 1. The lowest BCUT2D eigenvalue weighted by Gasteiger charge is -2.37. The summed E-state index contributed by atoms with van der Waals surface area (Å²) in [5, 5.41) is 4.49. The normalized spacial score (nSPS) is 25.0. The second kappa shape index (κ2) is 6.56. The molecule has 118 valence electrons. The first-order chi connectivity index (χ1) is 10.1. The highest BCUT2D eigenvalue weighted by Gasteiger charge is 2.34. The summed E-state index contributed by atoms with van der Waals surface area (Å²) in [4.78, 5) is 2.79. The number of ether oxygens (including phenoxy) is 2. The second-order valence-corrected chi connectivity index (χ2v) is 6.34. The maximum atomic E-state index is 5.69. The van der Waals surface area contributed by atoms with Gasteiger partial charge in [-0.15, -0.1) is 5.10 Å². The highest BCUT2D eigenvalue weighted by molar-refractivity contribution is 7.71. The van der Waals surface area contributed by atoms with E-state index >= 15 is 0 Å². The molecule has 7 heteroatoms. The molecule has 0 aromatic carbocycles. The Morgan fingerprint density at radius 3 is 2.71 bits per heavy atom. The monoisotopic (exact) mass is 313 g/mol. The zero-order valence-corrected chi connectivity index (χ0v) is 13.5. The van der Waals surface area contributed by atoms with Crippen LogP contribution in [-0.4, -0.2) is 46.8 Å². The van der Waals surface area contributed by atoms with Gasteiger partial charge in [0.25, 0.3) is 4.84 Å². The second-order valence-electron chi connectivity index (χ2n) is 5.99. The number of likely N-dealkylation sites (tertiary alicyclic amines) is 1. The molecule has 0 radical (unpaired) electrons. The van der Waals surface area contributed by atoms with Crippen molar-refractivity contribution in [3.05, 3.63) is 10.7 Å². The van der Waals surface area contributed by atoms with Gasteiger partial charge in [0, 0.05) is 12.5 Å². The van der Waals surface area contributed by atoms with Gasteiger partial charge in [-0.2, -0.15) is 0 Å². The Labute approximate surface area is 130 Å². The van der Waals surface area contributed by atoms with Gasteiger partial charge in [0.1, 0.15) is 0 Å². The molecule has 2 fully saturated rings. The van der Waals surface area contributed by atoms with Crippen molar-refractivity contribution in [1.29, 1.82) is 0 Å². The summed E-state index contributed by atoms with van der Waals surface area (Å²) in [6, 6.07) is 0.280. The van der Waals surface area contributed by atoms with Gasteiger partial charge in [-0.1, -0.05) is 20.3 Å². The Bertz CT molecular complexity index is 522. The fraction of sp³-hybridized carbons (Fsp3) is 0.857. The Morgan fingerprint density at radius 2 is 2.05 bits per heavy atom. The molecule has 3 heterocycles. The van der Waals surface area contributed by atoms with Crippen LogP contribution in [0.1, 0.15) is 44.9 Å². The third kappa shape index (κ3) is 3.36. The van der Waals surface area contributed by atoms with Crippen molar-refractivity contribution in [3.8, 4) is 0 Å². The maximum Gasteiger partial charge on any atom is 0.288 e. The first-order valence-corrected chi connectivity index (χ1v) is 8.11. The third-order valence-corrected chi connectivity index (χ3v) is 4.35. The first kappa shape index (κ1) is 15.1. The molecule has 2 aliphatic heterocycles. The van der Waals surface area contributed by atoms with Crippen molar-refractivity contribution in [2.24, 2.45) is 0 Å². The molecule has 0 aliphatic carbocycles. The fourth-order valence-electron chi connectivity index (χ4n) is 2.92. The minimum absolute atomic E-state index is 0.115. The Hall–Kier alpha value is -0.760. The van der Waals surface area contributed by atoms with Crippen LogP contribution in [0.15, 0.2) is 4.42 Å². The largest absolute Gasteiger partial charge is 0.414 e. The van der Waals surface area contributed by atoms with E-state index in [1.165, 1.54) is 12.8 Å². The SMILES string of the molecule is CC(C)c1nn(CN2CCCC[C@@H]2C2OCCO2)c(=S)o1. The molecule has 2 saturated heterocycles. The van der Waals surface area contributed by atoms with Gasteiger partial charge in [-0.25, -0.2) is 4.68 Å². The number of aromatic nitrogens is 2. The molecule has 2 aliphatic rings. The standard InChI is InChI=1S/C14H23N3O3S/c1-10(2)12-15-17(14(21)20-12)9-16-6-4-3-5-11(16)13-18-7-8-19-13/h10-11,13H,3-9H2,1-2H3/t11-/m1/s1. The minimum Gasteiger partial charge on any atom is -0.414 e. The quantitative estimate of drug-likeness (QED) is 0.796. The van der Waals surface area contributed by atoms with Crippen LogP contribution >= 0.6 is 12.2 Å². The third-order valence-electron chi connectivity index (χ3n) is 4.06. The van der Waals surface area contributed by atoms with Crippen LogP contribution in [0.25, 0.3) is 0 Å². The van der Waals surface area contributed by atoms with Crippen LogP contribution < -0.4 is 0 Å². The zero-order valence-electron chi connectivity index (χ0n) is 12.7. The lowest BCUT2D eigenvalue weighted by Crippen LogP contribution is -2.47. The lowest BCUT2D eigenvalue weighted by molar-refractivity contribution is -0.116. The highest BCUT2D eigenvalue weighted by atomic mass is 32.1. The van der Waals surface area contributed by atoms with E-state index in [-0.39, 0.29) is 18.2 Å². The van der Waals surface area contributed by atoms with Crippen molar-refractivity contribution in [2.45, 2.75) is 58.0 Å². The zero-order chi connectivity index (χ0) is 14.8. The van der Waals surface area contributed by atoms with Crippen molar-refractivity contribution >= 4 is 12.2 Å². The predicted molar refractivity (Wildman–Crippen MR) is 79.5 cm³/mol. The molecule has 3 rings (SSSR count). The van der Waals surface area contributed by atoms with Crippen molar-refractivity contribution in [1.82, 2.24) is 14.7 Å². The van der Waals surface area contributed by atoms with Gasteiger partial charge < -0.3 is 13.9 Å². The van der Waals surface area contributed by atoms with E-state index in [1.807, 2.05) is 0 Å². The molecule has 0 N–H and O–H groups in total. The lowest BCUT2D eigenvalue weighted by atomic mass is 10.0. The van der Waals surface area contributed by atoms with E-state index < -0.39 is 0 Å². The van der Waals surface area contributed by atoms with Crippen molar-refractivity contribution in [3.63, 3.8) is 0 Å². The average Bonchev–Trinajstić information content (AvgIpc) is 3.10. The van der Waals surface area contributed by atoms with Crippen LogP contribution in [0.4, 0.5) is 0 Å². The van der Waals surface area contributed by atoms with E-state index in [4.69, 9.17) is 26.1 Å². The summed E-state index contributed by atoms with van der Waals surface area (Å²) in [5.41, 5.74) is 0. The number of hydrogen-bond acceptors (Lipinski definition) is 6. The Morgan fingerprint density at radius 1 is 1.29 bits per heavy atom. The van der Waals surface area contributed by atoms with Crippen LogP contribution in [-0.2, 0) is 16.1 Å². The summed E-state index contributed by atoms with van der Waals surface area (Å²) in [5.74, 6) is 0.938. The highest BCUT2D eigenvalue weighted by Crippen LogP contribution is 2.25. The smallest absolute Gasteiger partial charge is 0.288 e. The summed E-state index contributed by atoms with van der Waals surface area (Å²) < 4.78 is 18.7. The summed E-state index contributed by atoms with van der Waals surface area (Å²) in [6.07, 6.45) is 3.38. The average molecular weight is 313 g/mol. The number of nitrogens with zero attached hydrogens (tertiary/aromatic N) is 3. The van der Waals surface area contributed by atoms with Gasteiger partial charge in [-0.3, -0.25) is 4.90 Å². The molecule has 0 amide bonds. The molecular weight excluding hydrogens is 290 g/mol. The van der Waals surface area contributed by atoms with E-state index in [0.29, 0.717) is 30.6 Å². The molecule has 6 nitrogen and oxygen atoms in total. The predicted octanol–water partition coefficient (Wildman–Crippen LogP) is 2.51. The molecule has 0 spiro atoms. The van der Waals surface area contributed by atoms with Crippen molar-refractivity contribution in [2.75, 3.05) is 19.8 Å². The first-order valence-electron chi connectivity index (χ1n) is 7.70. The van der Waals surface area contributed by atoms with E-state index in [2.05, 4.69) is 23.8 Å². The topological polar surface area (TPSA) is 52.7 Å². The van der Waals surface area contributed by atoms with Crippen molar-refractivity contribution < 1.29 is 13.9 Å². The summed E-state index contributed by atoms with van der Waals surface area (Å²) >= 11 is 5.28. The van der Waals surface area contributed by atoms with Gasteiger partial charge in [0.15, 0.2) is 6.29 Å². The van der Waals surface area contributed by atoms with Crippen LogP contribution in [0.5, 0.6) is 0 Å². The van der Waals surface area contributed by atoms with Gasteiger partial charge in [-0.05, 0) is 25.1 Å².